The second kappa shape index (κ2) is 8.15. The summed E-state index contributed by atoms with van der Waals surface area (Å²) in [6, 6.07) is 6.50. The van der Waals surface area contributed by atoms with Crippen LogP contribution in [0.25, 0.3) is 0 Å². The Bertz CT molecular complexity index is 615. The zero-order valence-electron chi connectivity index (χ0n) is 13.1. The van der Waals surface area contributed by atoms with Crippen LogP contribution in [0.4, 0.5) is 15.8 Å². The molecule has 0 bridgehead atoms. The molecule has 0 spiro atoms. The molecule has 122 valence electrons. The summed E-state index contributed by atoms with van der Waals surface area (Å²) in [6.45, 7) is 8.71. The molecular weight excluding hydrogens is 295 g/mol. The fourth-order valence-electron chi connectivity index (χ4n) is 2.28. The maximum absolute atomic E-state index is 14.3. The van der Waals surface area contributed by atoms with Crippen molar-refractivity contribution in [3.63, 3.8) is 0 Å². The van der Waals surface area contributed by atoms with Gasteiger partial charge in [0.25, 0.3) is 0 Å². The molecule has 1 aromatic carbocycles. The molecule has 23 heavy (non-hydrogen) atoms. The highest BCUT2D eigenvalue weighted by Gasteiger charge is 2.13. The van der Waals surface area contributed by atoms with Crippen LogP contribution < -0.4 is 20.9 Å². The van der Waals surface area contributed by atoms with E-state index < -0.39 is 6.04 Å². The van der Waals surface area contributed by atoms with E-state index >= 15 is 0 Å². The van der Waals surface area contributed by atoms with Crippen LogP contribution in [0.1, 0.15) is 6.92 Å². The van der Waals surface area contributed by atoms with Crippen molar-refractivity contribution >= 4 is 17.3 Å². The van der Waals surface area contributed by atoms with Crippen LogP contribution in [0.15, 0.2) is 36.0 Å². The number of anilines is 2. The molecule has 3 N–H and O–H groups in total. The lowest BCUT2D eigenvalue weighted by Gasteiger charge is -2.29. The molecule has 1 unspecified atom stereocenters. The number of nitriles is 1. The van der Waals surface area contributed by atoms with Gasteiger partial charge in [0.15, 0.2) is 0 Å². The summed E-state index contributed by atoms with van der Waals surface area (Å²) in [4.78, 5) is 6.25. The van der Waals surface area contributed by atoms with Crippen molar-refractivity contribution in [2.75, 3.05) is 36.4 Å². The van der Waals surface area contributed by atoms with Crippen molar-refractivity contribution in [3.8, 4) is 6.07 Å². The lowest BCUT2D eigenvalue weighted by atomic mass is 10.2. The number of nitrogens with zero attached hydrogens (tertiary/aromatic N) is 3. The Morgan fingerprint density at radius 3 is 2.87 bits per heavy atom. The molecule has 0 amide bonds. The molecule has 0 saturated carbocycles. The SMILES string of the molecule is C=CNC(=NC(C)C#N)Nc1ccc(N2CCNCC2)cc1F. The molecule has 1 aliphatic heterocycles. The predicted octanol–water partition coefficient (Wildman–Crippen LogP) is 1.65. The minimum absolute atomic E-state index is 0.280. The van der Waals surface area contributed by atoms with Crippen LogP contribution in [-0.4, -0.2) is 38.2 Å². The third kappa shape index (κ3) is 4.69. The molecule has 1 saturated heterocycles. The Labute approximate surface area is 135 Å². The normalized spacial score (nSPS) is 16.4. The topological polar surface area (TPSA) is 75.5 Å². The van der Waals surface area contributed by atoms with Gasteiger partial charge in [0.2, 0.25) is 5.96 Å². The van der Waals surface area contributed by atoms with E-state index in [-0.39, 0.29) is 11.8 Å². The molecule has 0 aromatic heterocycles. The molecule has 1 aromatic rings. The van der Waals surface area contributed by atoms with E-state index in [1.807, 2.05) is 12.1 Å². The number of hydrogen-bond acceptors (Lipinski definition) is 4. The zero-order valence-corrected chi connectivity index (χ0v) is 13.1. The first-order valence-electron chi connectivity index (χ1n) is 7.51. The fraction of sp³-hybridized carbons (Fsp3) is 0.375. The Kier molecular flexibility index (Phi) is 5.94. The standard InChI is InChI=1S/C16H21FN6/c1-3-20-16(21-12(2)11-18)22-15-5-4-13(10-14(15)17)23-8-6-19-7-9-23/h3-5,10,12,19H,1,6-9H2,2H3,(H2,20,21,22). The van der Waals surface area contributed by atoms with Gasteiger partial charge in [-0.2, -0.15) is 5.26 Å². The molecule has 1 fully saturated rings. The molecule has 6 nitrogen and oxygen atoms in total. The molecule has 2 rings (SSSR count). The zero-order chi connectivity index (χ0) is 16.7. The second-order valence-electron chi connectivity index (χ2n) is 5.16. The Morgan fingerprint density at radius 1 is 1.52 bits per heavy atom. The van der Waals surface area contributed by atoms with Gasteiger partial charge in [-0.25, -0.2) is 9.38 Å². The first-order valence-corrected chi connectivity index (χ1v) is 7.51. The molecule has 1 heterocycles. The van der Waals surface area contributed by atoms with Crippen LogP contribution in [0.2, 0.25) is 0 Å². The minimum atomic E-state index is -0.548. The van der Waals surface area contributed by atoms with E-state index in [2.05, 4.69) is 32.4 Å². The van der Waals surface area contributed by atoms with E-state index in [4.69, 9.17) is 5.26 Å². The number of hydrogen-bond donors (Lipinski definition) is 3. The van der Waals surface area contributed by atoms with Crippen molar-refractivity contribution in [2.45, 2.75) is 13.0 Å². The summed E-state index contributed by atoms with van der Waals surface area (Å²) in [5, 5.41) is 17.7. The lowest BCUT2D eigenvalue weighted by molar-refractivity contribution is 0.585. The lowest BCUT2D eigenvalue weighted by Crippen LogP contribution is -2.43. The summed E-state index contributed by atoms with van der Waals surface area (Å²) in [5.74, 6) is -0.0907. The van der Waals surface area contributed by atoms with Gasteiger partial charge in [0.05, 0.1) is 11.8 Å². The number of aliphatic imine (C=N–C) groups is 1. The molecule has 0 radical (unpaired) electrons. The molecule has 1 atom stereocenters. The van der Waals surface area contributed by atoms with Gasteiger partial charge in [-0.3, -0.25) is 0 Å². The number of guanidine groups is 1. The number of benzene rings is 1. The van der Waals surface area contributed by atoms with Crippen LogP contribution in [0, 0.1) is 17.1 Å². The van der Waals surface area contributed by atoms with Gasteiger partial charge in [0, 0.05) is 31.9 Å². The quantitative estimate of drug-likeness (QED) is 0.582. The largest absolute Gasteiger partial charge is 0.369 e. The highest BCUT2D eigenvalue weighted by Crippen LogP contribution is 2.22. The van der Waals surface area contributed by atoms with Crippen LogP contribution in [0.5, 0.6) is 0 Å². The van der Waals surface area contributed by atoms with Gasteiger partial charge in [-0.1, -0.05) is 6.58 Å². The van der Waals surface area contributed by atoms with Crippen molar-refractivity contribution < 1.29 is 4.39 Å². The number of halogens is 1. The highest BCUT2D eigenvalue weighted by atomic mass is 19.1. The molecule has 7 heteroatoms. The number of rotatable bonds is 4. The number of piperazine rings is 1. The van der Waals surface area contributed by atoms with Gasteiger partial charge in [0.1, 0.15) is 11.9 Å². The van der Waals surface area contributed by atoms with E-state index in [0.29, 0.717) is 5.69 Å². The maximum atomic E-state index is 14.3. The van der Waals surface area contributed by atoms with Crippen LogP contribution in [0.3, 0.4) is 0 Å². The first-order chi connectivity index (χ1) is 11.1. The van der Waals surface area contributed by atoms with Crippen molar-refractivity contribution in [1.82, 2.24) is 10.6 Å². The summed E-state index contributed by atoms with van der Waals surface area (Å²) < 4.78 is 14.3. The third-order valence-corrected chi connectivity index (χ3v) is 3.44. The smallest absolute Gasteiger partial charge is 0.201 e. The average molecular weight is 316 g/mol. The maximum Gasteiger partial charge on any atom is 0.201 e. The molecule has 0 aliphatic carbocycles. The fourth-order valence-corrected chi connectivity index (χ4v) is 2.28. The van der Waals surface area contributed by atoms with Gasteiger partial charge >= 0.3 is 0 Å². The summed E-state index contributed by atoms with van der Waals surface area (Å²) in [6.07, 6.45) is 1.42. The Hall–Kier alpha value is -2.59. The molecular formula is C16H21FN6. The minimum Gasteiger partial charge on any atom is -0.369 e. The number of nitrogens with one attached hydrogen (secondary N) is 3. The van der Waals surface area contributed by atoms with Crippen molar-refractivity contribution in [3.05, 3.63) is 36.8 Å². The Balaban J connectivity index is 2.14. The predicted molar refractivity (Wildman–Crippen MR) is 90.9 cm³/mol. The van der Waals surface area contributed by atoms with Crippen molar-refractivity contribution in [2.24, 2.45) is 4.99 Å². The Morgan fingerprint density at radius 2 is 2.26 bits per heavy atom. The monoisotopic (exact) mass is 316 g/mol. The summed E-state index contributed by atoms with van der Waals surface area (Å²) in [5.41, 5.74) is 1.15. The first kappa shape index (κ1) is 16.8. The second-order valence-corrected chi connectivity index (χ2v) is 5.16. The van der Waals surface area contributed by atoms with Gasteiger partial charge in [-0.05, 0) is 31.3 Å². The van der Waals surface area contributed by atoms with E-state index in [1.54, 1.807) is 13.0 Å². The van der Waals surface area contributed by atoms with Crippen molar-refractivity contribution in [1.29, 1.82) is 5.26 Å². The van der Waals surface area contributed by atoms with Crippen LogP contribution in [-0.2, 0) is 0 Å². The third-order valence-electron chi connectivity index (χ3n) is 3.44. The van der Waals surface area contributed by atoms with E-state index in [9.17, 15) is 4.39 Å². The van der Waals surface area contributed by atoms with Crippen LogP contribution >= 0.6 is 0 Å². The summed E-state index contributed by atoms with van der Waals surface area (Å²) >= 11 is 0. The summed E-state index contributed by atoms with van der Waals surface area (Å²) in [7, 11) is 0. The van der Waals surface area contributed by atoms with Gasteiger partial charge < -0.3 is 20.9 Å². The highest BCUT2D eigenvalue weighted by molar-refractivity contribution is 5.94. The average Bonchev–Trinajstić information content (AvgIpc) is 2.57. The van der Waals surface area contributed by atoms with E-state index in [1.165, 1.54) is 12.3 Å². The van der Waals surface area contributed by atoms with E-state index in [0.717, 1.165) is 31.9 Å². The molecule has 1 aliphatic rings. The van der Waals surface area contributed by atoms with Gasteiger partial charge in [-0.15, -0.1) is 0 Å².